The molecule has 9 rings (SSSR count). The van der Waals surface area contributed by atoms with Gasteiger partial charge in [-0.25, -0.2) is 32.3 Å². The van der Waals surface area contributed by atoms with E-state index in [-0.39, 0.29) is 41.2 Å². The predicted octanol–water partition coefficient (Wildman–Crippen LogP) is 8.97. The molecule has 3 saturated heterocycles. The Bertz CT molecular complexity index is 2990. The van der Waals surface area contributed by atoms with Crippen molar-refractivity contribution in [1.82, 2.24) is 35.1 Å². The zero-order valence-electron chi connectivity index (χ0n) is 41.8. The third-order valence-corrected chi connectivity index (χ3v) is 15.4. The third kappa shape index (κ3) is 10.3. The van der Waals surface area contributed by atoms with Crippen LogP contribution in [0.1, 0.15) is 101 Å². The molecular formula is C54H61F4N7O8. The Balaban J connectivity index is 0.994. The number of H-pyrrole nitrogens is 2. The maximum Gasteiger partial charge on any atom is 0.407 e. The second kappa shape index (κ2) is 20.0. The van der Waals surface area contributed by atoms with E-state index in [4.69, 9.17) is 9.47 Å². The molecule has 1 spiro atoms. The van der Waals surface area contributed by atoms with Crippen LogP contribution in [-0.2, 0) is 41.4 Å². The molecule has 15 nitrogen and oxygen atoms in total. The summed E-state index contributed by atoms with van der Waals surface area (Å²) in [6.45, 7) is 6.65. The van der Waals surface area contributed by atoms with Gasteiger partial charge in [0.2, 0.25) is 11.8 Å². The van der Waals surface area contributed by atoms with E-state index in [1.165, 1.54) is 12.7 Å². The standard InChI is InChI=1S/C54H61F4N7O8/c1-29(2)34(14-16-44(66)71-5)49(68)64-27-54(57,58)25-43(64)47-60-40-15-11-33(21-37(40)48(67)63-47)36-13-12-35(38-22-52(23-39(36)38)17-19-73-20-18-52)31-7-9-32(10-8-31)41-26-59-46(61-41)42-24-53(55,56)28-65(42)50(69)45(30(3)4)62-51(70)72-6/h7-13,15,21,26,29-30,34,42-43,45H,14,16-20,22-25,27-28H2,1-6H3,(H,59,61)(H,62,70)(H,60,63,67)/t34-,42-,43-,45-/m0/s1. The van der Waals surface area contributed by atoms with Crippen molar-refractivity contribution < 1.29 is 51.0 Å². The van der Waals surface area contributed by atoms with Gasteiger partial charge in [-0.05, 0) is 100 Å². The fourth-order valence-electron chi connectivity index (χ4n) is 11.4. The van der Waals surface area contributed by atoms with Crippen LogP contribution in [0.5, 0.6) is 0 Å². The van der Waals surface area contributed by atoms with Crippen LogP contribution in [0.15, 0.2) is 65.6 Å². The van der Waals surface area contributed by atoms with Crippen molar-refractivity contribution in [2.45, 2.75) is 109 Å². The Morgan fingerprint density at radius 1 is 0.767 bits per heavy atom. The average molecular weight is 1010 g/mol. The Morgan fingerprint density at radius 3 is 1.96 bits per heavy atom. The van der Waals surface area contributed by atoms with Crippen molar-refractivity contribution in [2.24, 2.45) is 23.2 Å². The zero-order chi connectivity index (χ0) is 52.1. The number of ether oxygens (including phenoxy) is 3. The minimum absolute atomic E-state index is 0.0276. The topological polar surface area (TPSA) is 189 Å². The smallest absolute Gasteiger partial charge is 0.407 e. The number of halogens is 4. The number of hydrogen-bond acceptors (Lipinski definition) is 10. The summed E-state index contributed by atoms with van der Waals surface area (Å²) < 4.78 is 75.6. The number of carbonyl (C=O) groups excluding carboxylic acids is 4. The molecule has 73 heavy (non-hydrogen) atoms. The summed E-state index contributed by atoms with van der Waals surface area (Å²) in [5.41, 5.74) is 7.17. The first-order valence-electron chi connectivity index (χ1n) is 24.9. The van der Waals surface area contributed by atoms with E-state index in [1.54, 1.807) is 46.0 Å². The summed E-state index contributed by atoms with van der Waals surface area (Å²) in [5, 5.41) is 2.76. The lowest BCUT2D eigenvalue weighted by atomic mass is 9.77. The van der Waals surface area contributed by atoms with Crippen molar-refractivity contribution in [3.8, 4) is 33.5 Å². The van der Waals surface area contributed by atoms with Crippen LogP contribution < -0.4 is 10.9 Å². The lowest BCUT2D eigenvalue weighted by Gasteiger charge is -2.33. The molecule has 3 aromatic carbocycles. The third-order valence-electron chi connectivity index (χ3n) is 15.4. The van der Waals surface area contributed by atoms with Gasteiger partial charge in [-0.15, -0.1) is 0 Å². The number of likely N-dealkylation sites (tertiary alicyclic amines) is 2. The number of alkyl carbamates (subject to hydrolysis) is 1. The first-order valence-corrected chi connectivity index (χ1v) is 24.9. The number of amides is 3. The van der Waals surface area contributed by atoms with E-state index in [0.29, 0.717) is 24.4 Å². The number of alkyl halides is 4. The van der Waals surface area contributed by atoms with E-state index in [9.17, 15) is 24.0 Å². The van der Waals surface area contributed by atoms with Gasteiger partial charge in [0.25, 0.3) is 17.4 Å². The molecule has 3 amide bonds. The number of aromatic amines is 2. The molecule has 3 N–H and O–H groups in total. The average Bonchev–Trinajstić information content (AvgIpc) is 4.15. The maximum absolute atomic E-state index is 15.2. The molecule has 5 aromatic rings. The van der Waals surface area contributed by atoms with Crippen LogP contribution in [0, 0.1) is 23.2 Å². The van der Waals surface area contributed by atoms with Gasteiger partial charge >= 0.3 is 12.1 Å². The van der Waals surface area contributed by atoms with E-state index >= 15 is 17.6 Å². The molecule has 0 bridgehead atoms. The molecule has 1 aliphatic carbocycles. The Hall–Kier alpha value is -6.63. The number of carbonyl (C=O) groups is 4. The predicted molar refractivity (Wildman–Crippen MR) is 262 cm³/mol. The summed E-state index contributed by atoms with van der Waals surface area (Å²) >= 11 is 0. The highest BCUT2D eigenvalue weighted by Gasteiger charge is 2.52. The van der Waals surface area contributed by atoms with E-state index in [0.717, 1.165) is 76.0 Å². The Labute approximate surface area is 419 Å². The highest BCUT2D eigenvalue weighted by atomic mass is 19.3. The minimum Gasteiger partial charge on any atom is -0.469 e. The molecule has 19 heteroatoms. The van der Waals surface area contributed by atoms with E-state index in [1.807, 2.05) is 30.3 Å². The van der Waals surface area contributed by atoms with E-state index in [2.05, 4.69) is 42.1 Å². The van der Waals surface area contributed by atoms with Crippen LogP contribution in [0.2, 0.25) is 0 Å². The lowest BCUT2D eigenvalue weighted by Crippen LogP contribution is -2.51. The number of rotatable bonds is 13. The number of aromatic nitrogens is 4. The first-order chi connectivity index (χ1) is 34.7. The second-order valence-corrected chi connectivity index (χ2v) is 20.9. The first kappa shape index (κ1) is 51.3. The van der Waals surface area contributed by atoms with Crippen LogP contribution in [0.4, 0.5) is 22.4 Å². The van der Waals surface area contributed by atoms with Gasteiger partial charge in [-0.1, -0.05) is 70.2 Å². The molecule has 0 unspecified atom stereocenters. The summed E-state index contributed by atoms with van der Waals surface area (Å²) in [7, 11) is 2.41. The Morgan fingerprint density at radius 2 is 1.36 bits per heavy atom. The highest BCUT2D eigenvalue weighted by Crippen LogP contribution is 2.51. The number of nitrogens with one attached hydrogen (secondary N) is 3. The molecule has 0 saturated carbocycles. The normalized spacial score (nSPS) is 20.7. The van der Waals surface area contributed by atoms with Crippen LogP contribution in [0.25, 0.3) is 44.4 Å². The SMILES string of the molecule is COC(=O)CC[C@H](C(=O)N1CC(F)(F)C[C@H]1c1nc2ccc(-c3ccc(-c4ccc(-c5cnc([C@@H]6CC(F)(F)CN6C(=O)[C@@H](NC(=O)OC)C(C)C)[nH]5)cc4)c4c3CC3(CCOCC3)C4)cc2c(=O)[nH]1)C(C)C. The number of imidazole rings is 1. The van der Waals surface area contributed by atoms with Gasteiger partial charge in [-0.2, -0.15) is 0 Å². The van der Waals surface area contributed by atoms with Gasteiger partial charge in [0.1, 0.15) is 17.7 Å². The minimum atomic E-state index is -3.22. The number of benzene rings is 3. The van der Waals surface area contributed by atoms with E-state index < -0.39 is 97.2 Å². The fourth-order valence-corrected chi connectivity index (χ4v) is 11.4. The summed E-state index contributed by atoms with van der Waals surface area (Å²) in [6, 6.07) is 14.1. The van der Waals surface area contributed by atoms with Crippen LogP contribution in [-0.4, -0.2) is 112 Å². The van der Waals surface area contributed by atoms with Crippen molar-refractivity contribution >= 4 is 34.8 Å². The van der Waals surface area contributed by atoms with Crippen molar-refractivity contribution in [2.75, 3.05) is 40.5 Å². The molecule has 388 valence electrons. The second-order valence-electron chi connectivity index (χ2n) is 20.9. The monoisotopic (exact) mass is 1010 g/mol. The lowest BCUT2D eigenvalue weighted by molar-refractivity contribution is -0.143. The van der Waals surface area contributed by atoms with Gasteiger partial charge in [0.15, 0.2) is 0 Å². The van der Waals surface area contributed by atoms with Crippen LogP contribution >= 0.6 is 0 Å². The summed E-state index contributed by atoms with van der Waals surface area (Å²) in [4.78, 5) is 82.9. The summed E-state index contributed by atoms with van der Waals surface area (Å²) in [6.07, 6.45) is 2.83. The summed E-state index contributed by atoms with van der Waals surface area (Å²) in [5.74, 6) is -9.29. The molecule has 4 aliphatic rings. The number of esters is 1. The van der Waals surface area contributed by atoms with Gasteiger partial charge < -0.3 is 39.3 Å². The molecule has 3 fully saturated rings. The number of methoxy groups -OCH3 is 2. The molecule has 3 aliphatic heterocycles. The Kier molecular flexibility index (Phi) is 14.0. The van der Waals surface area contributed by atoms with Crippen LogP contribution in [0.3, 0.4) is 0 Å². The van der Waals surface area contributed by atoms with Gasteiger partial charge in [0, 0.05) is 38.4 Å². The van der Waals surface area contributed by atoms with Crippen molar-refractivity contribution in [3.63, 3.8) is 0 Å². The highest BCUT2D eigenvalue weighted by molar-refractivity contribution is 5.88. The largest absolute Gasteiger partial charge is 0.469 e. The number of hydrogen-bond donors (Lipinski definition) is 3. The maximum atomic E-state index is 15.2. The van der Waals surface area contributed by atoms with Gasteiger partial charge in [-0.3, -0.25) is 19.2 Å². The zero-order valence-corrected chi connectivity index (χ0v) is 41.8. The van der Waals surface area contributed by atoms with Crippen molar-refractivity contribution in [1.29, 1.82) is 0 Å². The molecule has 0 radical (unpaired) electrons. The molecule has 4 atom stereocenters. The number of fused-ring (bicyclic) bond motifs is 2. The quantitative estimate of drug-likeness (QED) is 0.0759. The van der Waals surface area contributed by atoms with Crippen molar-refractivity contribution in [3.05, 3.63) is 93.9 Å². The fraction of sp³-hybridized carbons (Fsp3) is 0.500. The molecular weight excluding hydrogens is 951 g/mol. The molecule has 5 heterocycles. The van der Waals surface area contributed by atoms with Gasteiger partial charge in [0.05, 0.1) is 62.2 Å². The number of nitrogens with zero attached hydrogens (tertiary/aromatic N) is 4. The molecule has 2 aromatic heterocycles.